The first-order valence-corrected chi connectivity index (χ1v) is 6.25. The Kier molecular flexibility index (Phi) is 1.72. The molecule has 1 heterocycles. The first-order valence-electron chi connectivity index (χ1n) is 6.25. The summed E-state index contributed by atoms with van der Waals surface area (Å²) in [7, 11) is 1.62. The van der Waals surface area contributed by atoms with Gasteiger partial charge in [-0.1, -0.05) is 25.0 Å². The van der Waals surface area contributed by atoms with Crippen LogP contribution in [0.25, 0.3) is 0 Å². The first kappa shape index (κ1) is 11.0. The van der Waals surface area contributed by atoms with E-state index in [1.807, 2.05) is 0 Å². The van der Waals surface area contributed by atoms with E-state index in [4.69, 9.17) is 0 Å². The van der Waals surface area contributed by atoms with Crippen molar-refractivity contribution in [3.63, 3.8) is 0 Å². The van der Waals surface area contributed by atoms with Gasteiger partial charge in [-0.25, -0.2) is 0 Å². The molecule has 2 fully saturated rings. The summed E-state index contributed by atoms with van der Waals surface area (Å²) in [6, 6.07) is 0. The normalized spacial score (nSPS) is 48.4. The standard InChI is InChI=1S/C14H19NO2/c1-7-8(2)14(4)6-13(7,3)9-10(14)12(17)15(5)11(9)16/h9-10H,6H2,1-5H3/t9-,10+,13?,14?. The van der Waals surface area contributed by atoms with Crippen molar-refractivity contribution in [2.24, 2.45) is 22.7 Å². The van der Waals surface area contributed by atoms with Gasteiger partial charge in [-0.2, -0.15) is 0 Å². The van der Waals surface area contributed by atoms with Crippen LogP contribution in [0.2, 0.25) is 0 Å². The van der Waals surface area contributed by atoms with Crippen LogP contribution >= 0.6 is 0 Å². The summed E-state index contributed by atoms with van der Waals surface area (Å²) < 4.78 is 0. The smallest absolute Gasteiger partial charge is 0.233 e. The van der Waals surface area contributed by atoms with Gasteiger partial charge >= 0.3 is 0 Å². The Bertz CT molecular complexity index is 450. The number of allylic oxidation sites excluding steroid dienone is 2. The van der Waals surface area contributed by atoms with Crippen LogP contribution in [-0.2, 0) is 9.59 Å². The van der Waals surface area contributed by atoms with E-state index in [0.29, 0.717) is 0 Å². The molecule has 0 aromatic heterocycles. The number of carbonyl (C=O) groups excluding carboxylic acids is 2. The third-order valence-corrected chi connectivity index (χ3v) is 5.91. The number of nitrogens with zero attached hydrogens (tertiary/aromatic N) is 1. The van der Waals surface area contributed by atoms with Crippen LogP contribution < -0.4 is 0 Å². The van der Waals surface area contributed by atoms with E-state index in [2.05, 4.69) is 27.7 Å². The summed E-state index contributed by atoms with van der Waals surface area (Å²) in [6.45, 7) is 8.58. The Morgan fingerprint density at radius 2 is 1.35 bits per heavy atom. The molecule has 4 atom stereocenters. The molecule has 2 amide bonds. The summed E-state index contributed by atoms with van der Waals surface area (Å²) >= 11 is 0. The molecule has 1 saturated heterocycles. The minimum atomic E-state index is -0.117. The Labute approximate surface area is 102 Å². The SMILES string of the molecule is CC1=C(C)C2(C)CC1(C)[C@@H]1C(=O)N(C)C(=O)[C@@H]12. The number of amides is 2. The number of carbonyl (C=O) groups is 2. The largest absolute Gasteiger partial charge is 0.285 e. The summed E-state index contributed by atoms with van der Waals surface area (Å²) in [5, 5.41) is 0. The first-order chi connectivity index (χ1) is 7.75. The lowest BCUT2D eigenvalue weighted by molar-refractivity contribution is -0.139. The Balaban J connectivity index is 2.25. The predicted octanol–water partition coefficient (Wildman–Crippen LogP) is 1.98. The molecule has 2 aliphatic carbocycles. The average molecular weight is 233 g/mol. The van der Waals surface area contributed by atoms with Crippen molar-refractivity contribution >= 4 is 11.8 Å². The molecular formula is C14H19NO2. The van der Waals surface area contributed by atoms with E-state index in [0.717, 1.165) is 6.42 Å². The zero-order chi connectivity index (χ0) is 12.7. The maximum atomic E-state index is 12.3. The summed E-state index contributed by atoms with van der Waals surface area (Å²) in [6.07, 6.45) is 0.957. The summed E-state index contributed by atoms with van der Waals surface area (Å²) in [5.74, 6) is -0.182. The minimum absolute atomic E-state index is 0.0260. The van der Waals surface area contributed by atoms with E-state index in [1.54, 1.807) is 7.05 Å². The molecular weight excluding hydrogens is 214 g/mol. The average Bonchev–Trinajstić information content (AvgIpc) is 2.72. The van der Waals surface area contributed by atoms with E-state index < -0.39 is 0 Å². The number of hydrogen-bond acceptors (Lipinski definition) is 2. The number of hydrogen-bond donors (Lipinski definition) is 0. The number of likely N-dealkylation sites (tertiary alicyclic amines) is 1. The van der Waals surface area contributed by atoms with Crippen molar-refractivity contribution in [3.8, 4) is 0 Å². The molecule has 0 radical (unpaired) electrons. The van der Waals surface area contributed by atoms with Crippen LogP contribution in [0.5, 0.6) is 0 Å². The maximum Gasteiger partial charge on any atom is 0.233 e. The Morgan fingerprint density at radius 3 is 1.71 bits per heavy atom. The highest BCUT2D eigenvalue weighted by atomic mass is 16.2. The van der Waals surface area contributed by atoms with Gasteiger partial charge in [-0.05, 0) is 20.3 Å². The molecule has 0 spiro atoms. The maximum absolute atomic E-state index is 12.3. The third kappa shape index (κ3) is 0.883. The van der Waals surface area contributed by atoms with Crippen molar-refractivity contribution in [1.29, 1.82) is 0 Å². The highest BCUT2D eigenvalue weighted by molar-refractivity contribution is 6.07. The number of fused-ring (bicyclic) bond motifs is 5. The molecule has 3 rings (SSSR count). The van der Waals surface area contributed by atoms with Gasteiger partial charge in [0.2, 0.25) is 11.8 Å². The minimum Gasteiger partial charge on any atom is -0.285 e. The molecule has 92 valence electrons. The predicted molar refractivity (Wildman–Crippen MR) is 64.0 cm³/mol. The van der Waals surface area contributed by atoms with Crippen molar-refractivity contribution in [2.75, 3.05) is 7.05 Å². The zero-order valence-electron chi connectivity index (χ0n) is 11.1. The van der Waals surface area contributed by atoms with Gasteiger partial charge in [0.05, 0.1) is 11.8 Å². The summed E-state index contributed by atoms with van der Waals surface area (Å²) in [4.78, 5) is 25.9. The Hall–Kier alpha value is -1.12. The van der Waals surface area contributed by atoms with Crippen LogP contribution in [-0.4, -0.2) is 23.8 Å². The highest BCUT2D eigenvalue weighted by Gasteiger charge is 2.71. The molecule has 3 heteroatoms. The van der Waals surface area contributed by atoms with Crippen LogP contribution in [0.15, 0.2) is 11.1 Å². The monoisotopic (exact) mass is 233 g/mol. The molecule has 1 aliphatic heterocycles. The second-order valence-corrected chi connectivity index (χ2v) is 6.45. The summed E-state index contributed by atoms with van der Waals surface area (Å²) in [5.41, 5.74) is 2.47. The molecule has 17 heavy (non-hydrogen) atoms. The van der Waals surface area contributed by atoms with Gasteiger partial charge in [0, 0.05) is 17.9 Å². The van der Waals surface area contributed by atoms with Crippen LogP contribution in [0.4, 0.5) is 0 Å². The van der Waals surface area contributed by atoms with Crippen molar-refractivity contribution in [1.82, 2.24) is 4.90 Å². The van der Waals surface area contributed by atoms with Gasteiger partial charge in [0.1, 0.15) is 0 Å². The van der Waals surface area contributed by atoms with Gasteiger partial charge in [0.25, 0.3) is 0 Å². The van der Waals surface area contributed by atoms with Gasteiger partial charge in [0.15, 0.2) is 0 Å². The van der Waals surface area contributed by atoms with Crippen molar-refractivity contribution in [2.45, 2.75) is 34.1 Å². The van der Waals surface area contributed by atoms with Crippen molar-refractivity contribution < 1.29 is 9.59 Å². The quantitative estimate of drug-likeness (QED) is 0.474. The molecule has 2 unspecified atom stereocenters. The van der Waals surface area contributed by atoms with E-state index >= 15 is 0 Å². The van der Waals surface area contributed by atoms with E-state index in [9.17, 15) is 9.59 Å². The third-order valence-electron chi connectivity index (χ3n) is 5.91. The topological polar surface area (TPSA) is 37.4 Å². The lowest BCUT2D eigenvalue weighted by Gasteiger charge is -2.34. The van der Waals surface area contributed by atoms with Gasteiger partial charge < -0.3 is 0 Å². The second-order valence-electron chi connectivity index (χ2n) is 6.45. The van der Waals surface area contributed by atoms with E-state index in [1.165, 1.54) is 16.0 Å². The molecule has 3 aliphatic rings. The molecule has 1 saturated carbocycles. The van der Waals surface area contributed by atoms with Crippen molar-refractivity contribution in [3.05, 3.63) is 11.1 Å². The Morgan fingerprint density at radius 1 is 1.00 bits per heavy atom. The second kappa shape index (κ2) is 2.65. The fourth-order valence-electron chi connectivity index (χ4n) is 4.66. The van der Waals surface area contributed by atoms with Gasteiger partial charge in [-0.15, -0.1) is 0 Å². The van der Waals surface area contributed by atoms with E-state index in [-0.39, 0.29) is 34.5 Å². The van der Waals surface area contributed by atoms with Gasteiger partial charge in [-0.3, -0.25) is 14.5 Å². The lowest BCUT2D eigenvalue weighted by Crippen LogP contribution is -2.35. The zero-order valence-corrected chi connectivity index (χ0v) is 11.1. The molecule has 0 aromatic rings. The fourth-order valence-corrected chi connectivity index (χ4v) is 4.66. The highest BCUT2D eigenvalue weighted by Crippen LogP contribution is 2.71. The number of rotatable bonds is 0. The van der Waals surface area contributed by atoms with Crippen LogP contribution in [0, 0.1) is 22.7 Å². The molecule has 0 aromatic carbocycles. The van der Waals surface area contributed by atoms with Crippen LogP contribution in [0.1, 0.15) is 34.1 Å². The van der Waals surface area contributed by atoms with Crippen LogP contribution in [0.3, 0.4) is 0 Å². The number of imide groups is 1. The molecule has 3 nitrogen and oxygen atoms in total. The molecule has 2 bridgehead atoms. The lowest BCUT2D eigenvalue weighted by atomic mass is 9.66. The fraction of sp³-hybridized carbons (Fsp3) is 0.714. The molecule has 0 N–H and O–H groups in total.